The molecule has 0 spiro atoms. The maximum Gasteiger partial charge on any atom is 0.242 e. The number of aromatic nitrogens is 1. The molecule has 24 heavy (non-hydrogen) atoms. The summed E-state index contributed by atoms with van der Waals surface area (Å²) in [5, 5.41) is 0.671. The van der Waals surface area contributed by atoms with Crippen molar-refractivity contribution >= 4 is 16.8 Å². The fourth-order valence-electron chi connectivity index (χ4n) is 4.03. The molecule has 126 valence electrons. The number of para-hydroxylation sites is 1. The maximum absolute atomic E-state index is 12.8. The lowest BCUT2D eigenvalue weighted by Crippen LogP contribution is -2.56. The zero-order valence-corrected chi connectivity index (χ0v) is 13.9. The highest BCUT2D eigenvalue weighted by Crippen LogP contribution is 2.21. The first-order valence-electron chi connectivity index (χ1n) is 8.82. The van der Waals surface area contributed by atoms with Gasteiger partial charge in [0.15, 0.2) is 5.43 Å². The number of amides is 1. The van der Waals surface area contributed by atoms with Crippen molar-refractivity contribution in [3.8, 4) is 0 Å². The number of pyridine rings is 1. The minimum atomic E-state index is 0.00474. The highest BCUT2D eigenvalue weighted by atomic mass is 16.2. The number of benzene rings is 1. The molecule has 0 aliphatic carbocycles. The Morgan fingerprint density at radius 3 is 2.88 bits per heavy atom. The van der Waals surface area contributed by atoms with Crippen LogP contribution >= 0.6 is 0 Å². The topological polar surface area (TPSA) is 45.6 Å². The number of nitrogens with zero attached hydrogens (tertiary/aromatic N) is 3. The van der Waals surface area contributed by atoms with E-state index in [4.69, 9.17) is 0 Å². The van der Waals surface area contributed by atoms with Gasteiger partial charge in [0.05, 0.1) is 5.52 Å². The minimum absolute atomic E-state index is 0.00474. The highest BCUT2D eigenvalue weighted by Gasteiger charge is 2.30. The molecule has 2 aliphatic rings. The van der Waals surface area contributed by atoms with Gasteiger partial charge in [0, 0.05) is 43.3 Å². The summed E-state index contributed by atoms with van der Waals surface area (Å²) in [7, 11) is 0. The van der Waals surface area contributed by atoms with Gasteiger partial charge in [0.25, 0.3) is 0 Å². The van der Waals surface area contributed by atoms with Crippen LogP contribution < -0.4 is 5.43 Å². The van der Waals surface area contributed by atoms with E-state index in [0.29, 0.717) is 18.0 Å². The zero-order chi connectivity index (χ0) is 16.5. The molecule has 3 heterocycles. The fraction of sp³-hybridized carbons (Fsp3) is 0.474. The Bertz CT molecular complexity index is 814. The van der Waals surface area contributed by atoms with Crippen molar-refractivity contribution in [1.29, 1.82) is 0 Å². The van der Waals surface area contributed by atoms with Crippen LogP contribution in [0, 0.1) is 0 Å². The normalized spacial score (nSPS) is 21.7. The van der Waals surface area contributed by atoms with E-state index >= 15 is 0 Å². The van der Waals surface area contributed by atoms with Crippen molar-refractivity contribution in [2.45, 2.75) is 31.8 Å². The van der Waals surface area contributed by atoms with Crippen LogP contribution in [0.1, 0.15) is 19.3 Å². The fourth-order valence-corrected chi connectivity index (χ4v) is 4.03. The monoisotopic (exact) mass is 325 g/mol. The van der Waals surface area contributed by atoms with Crippen LogP contribution in [0.2, 0.25) is 0 Å². The third kappa shape index (κ3) is 2.84. The van der Waals surface area contributed by atoms with E-state index in [0.717, 1.165) is 25.2 Å². The van der Waals surface area contributed by atoms with Crippen LogP contribution in [0.3, 0.4) is 0 Å². The van der Waals surface area contributed by atoms with Crippen LogP contribution in [0.5, 0.6) is 0 Å². The molecule has 2 aliphatic heterocycles. The standard InChI is InChI=1S/C19H23N3O2/c23-18-8-10-21(17-7-2-1-6-16(17)18)14-19(24)22-12-11-20-9-4-3-5-15(20)13-22/h1-2,6-8,10,15H,3-5,9,11-14H2/t15-/m0/s1. The van der Waals surface area contributed by atoms with Gasteiger partial charge in [0.1, 0.15) is 6.54 Å². The Morgan fingerprint density at radius 1 is 1.08 bits per heavy atom. The van der Waals surface area contributed by atoms with Gasteiger partial charge in [-0.05, 0) is 31.5 Å². The lowest BCUT2D eigenvalue weighted by atomic mass is 9.99. The van der Waals surface area contributed by atoms with E-state index in [-0.39, 0.29) is 11.3 Å². The molecule has 0 bridgehead atoms. The lowest BCUT2D eigenvalue weighted by molar-refractivity contribution is -0.135. The second-order valence-corrected chi connectivity index (χ2v) is 6.85. The largest absolute Gasteiger partial charge is 0.338 e. The molecule has 1 aromatic carbocycles. The Kier molecular flexibility index (Phi) is 4.10. The van der Waals surface area contributed by atoms with Gasteiger partial charge in [-0.25, -0.2) is 0 Å². The molecule has 0 radical (unpaired) electrons. The Labute approximate surface area is 141 Å². The molecular weight excluding hydrogens is 302 g/mol. The Morgan fingerprint density at radius 2 is 1.96 bits per heavy atom. The number of carbonyl (C=O) groups excluding carboxylic acids is 1. The minimum Gasteiger partial charge on any atom is -0.338 e. The number of carbonyl (C=O) groups is 1. The summed E-state index contributed by atoms with van der Waals surface area (Å²) >= 11 is 0. The molecule has 1 amide bonds. The van der Waals surface area contributed by atoms with Crippen LogP contribution in [-0.4, -0.2) is 52.5 Å². The maximum atomic E-state index is 12.8. The quantitative estimate of drug-likeness (QED) is 0.844. The summed E-state index contributed by atoms with van der Waals surface area (Å²) in [5.41, 5.74) is 0.833. The van der Waals surface area contributed by atoms with E-state index < -0.39 is 0 Å². The molecule has 1 aromatic heterocycles. The number of hydrogen-bond acceptors (Lipinski definition) is 3. The molecular formula is C19H23N3O2. The van der Waals surface area contributed by atoms with E-state index in [2.05, 4.69) is 4.90 Å². The number of piperidine rings is 1. The Hall–Kier alpha value is -2.14. The average molecular weight is 325 g/mol. The van der Waals surface area contributed by atoms with Gasteiger partial charge in [-0.15, -0.1) is 0 Å². The summed E-state index contributed by atoms with van der Waals surface area (Å²) in [5.74, 6) is 0.147. The molecule has 0 N–H and O–H groups in total. The zero-order valence-electron chi connectivity index (χ0n) is 13.9. The van der Waals surface area contributed by atoms with Crippen molar-refractivity contribution in [2.24, 2.45) is 0 Å². The summed E-state index contributed by atoms with van der Waals surface area (Å²) in [6.45, 7) is 4.12. The summed E-state index contributed by atoms with van der Waals surface area (Å²) < 4.78 is 1.90. The van der Waals surface area contributed by atoms with Crippen LogP contribution in [0.4, 0.5) is 0 Å². The van der Waals surface area contributed by atoms with Crippen LogP contribution in [-0.2, 0) is 11.3 Å². The second kappa shape index (κ2) is 6.40. The average Bonchev–Trinajstić information content (AvgIpc) is 2.64. The smallest absolute Gasteiger partial charge is 0.242 e. The highest BCUT2D eigenvalue weighted by molar-refractivity contribution is 5.82. The predicted molar refractivity (Wildman–Crippen MR) is 94.0 cm³/mol. The molecule has 5 nitrogen and oxygen atoms in total. The van der Waals surface area contributed by atoms with E-state index in [1.54, 1.807) is 12.3 Å². The van der Waals surface area contributed by atoms with Gasteiger partial charge in [-0.3, -0.25) is 14.5 Å². The van der Waals surface area contributed by atoms with Crippen LogP contribution in [0.15, 0.2) is 41.3 Å². The molecule has 2 saturated heterocycles. The second-order valence-electron chi connectivity index (χ2n) is 6.85. The van der Waals surface area contributed by atoms with Crippen molar-refractivity contribution in [3.05, 3.63) is 46.8 Å². The van der Waals surface area contributed by atoms with E-state index in [1.807, 2.05) is 33.7 Å². The Balaban J connectivity index is 1.52. The van der Waals surface area contributed by atoms with Crippen molar-refractivity contribution in [3.63, 3.8) is 0 Å². The first-order chi connectivity index (χ1) is 11.7. The molecule has 5 heteroatoms. The SMILES string of the molecule is O=C(Cn1ccc(=O)c2ccccc21)N1CCN2CCCC[C@H]2C1. The van der Waals surface area contributed by atoms with Crippen molar-refractivity contribution in [2.75, 3.05) is 26.2 Å². The van der Waals surface area contributed by atoms with E-state index in [9.17, 15) is 9.59 Å². The van der Waals surface area contributed by atoms with Crippen molar-refractivity contribution < 1.29 is 4.79 Å². The van der Waals surface area contributed by atoms with Crippen molar-refractivity contribution in [1.82, 2.24) is 14.4 Å². The molecule has 2 fully saturated rings. The van der Waals surface area contributed by atoms with E-state index in [1.165, 1.54) is 25.8 Å². The van der Waals surface area contributed by atoms with Gasteiger partial charge in [-0.1, -0.05) is 18.6 Å². The lowest BCUT2D eigenvalue weighted by Gasteiger charge is -2.44. The van der Waals surface area contributed by atoms with Crippen LogP contribution in [0.25, 0.3) is 10.9 Å². The first-order valence-corrected chi connectivity index (χ1v) is 8.82. The number of hydrogen-bond donors (Lipinski definition) is 0. The number of fused-ring (bicyclic) bond motifs is 2. The molecule has 0 unspecified atom stereocenters. The summed E-state index contributed by atoms with van der Waals surface area (Å²) in [6.07, 6.45) is 5.49. The van der Waals surface area contributed by atoms with Gasteiger partial charge in [0.2, 0.25) is 5.91 Å². The molecule has 4 rings (SSSR count). The summed E-state index contributed by atoms with van der Waals surface area (Å²) in [6, 6.07) is 9.57. The molecule has 0 saturated carbocycles. The van der Waals surface area contributed by atoms with Gasteiger partial charge >= 0.3 is 0 Å². The third-order valence-corrected chi connectivity index (χ3v) is 5.38. The number of piperazine rings is 1. The number of rotatable bonds is 2. The third-order valence-electron chi connectivity index (χ3n) is 5.38. The first kappa shape index (κ1) is 15.4. The molecule has 1 atom stereocenters. The van der Waals surface area contributed by atoms with Gasteiger partial charge in [-0.2, -0.15) is 0 Å². The predicted octanol–water partition coefficient (Wildman–Crippen LogP) is 1.70. The summed E-state index contributed by atoms with van der Waals surface area (Å²) in [4.78, 5) is 29.3. The van der Waals surface area contributed by atoms with Gasteiger partial charge < -0.3 is 9.47 Å². The molecule has 2 aromatic rings.